The van der Waals surface area contributed by atoms with Crippen LogP contribution in [-0.2, 0) is 17.5 Å². The maximum atomic E-state index is 13.0. The minimum Gasteiger partial charge on any atom is -0.353 e. The lowest BCUT2D eigenvalue weighted by Crippen LogP contribution is -2.23. The van der Waals surface area contributed by atoms with Gasteiger partial charge in [-0.1, -0.05) is 18.7 Å². The quantitative estimate of drug-likeness (QED) is 0.433. The van der Waals surface area contributed by atoms with E-state index < -0.39 is 17.6 Å². The number of rotatable bonds is 7. The second-order valence-corrected chi connectivity index (χ2v) is 6.96. The normalized spacial score (nSPS) is 11.4. The number of anilines is 1. The number of hydrogen-bond donors (Lipinski definition) is 2. The van der Waals surface area contributed by atoms with Crippen molar-refractivity contribution < 1.29 is 22.8 Å². The van der Waals surface area contributed by atoms with E-state index in [9.17, 15) is 22.8 Å². The Labute approximate surface area is 176 Å². The molecule has 0 atom stereocenters. The summed E-state index contributed by atoms with van der Waals surface area (Å²) in [4.78, 5) is 28.4. The molecule has 1 heterocycles. The number of carbonyl (C=O) groups excluding carboxylic acids is 2. The molecule has 0 bridgehead atoms. The van der Waals surface area contributed by atoms with Gasteiger partial charge in [0.2, 0.25) is 11.9 Å². The number of aromatic nitrogens is 2. The number of hydrogen-bond acceptors (Lipinski definition) is 3. The Morgan fingerprint density at radius 3 is 2.68 bits per heavy atom. The second-order valence-electron chi connectivity index (χ2n) is 6.96. The number of carbonyl (C=O) groups is 2. The standard InChI is InChI=1S/C22H21F3N4O2/c1-3-19(30)26-10-5-11-29-18-9-8-14(2)12-17(18)27-21(29)28-20(31)15-6-4-7-16(13-15)22(23,24)25/h3-4,6-9,12-13H,1,5,10-11H2,2H3,(H,26,30)(H,27,28,31). The van der Waals surface area contributed by atoms with Gasteiger partial charge in [-0.15, -0.1) is 0 Å². The molecule has 31 heavy (non-hydrogen) atoms. The van der Waals surface area contributed by atoms with E-state index in [1.54, 1.807) is 4.57 Å². The molecular weight excluding hydrogens is 409 g/mol. The Hall–Kier alpha value is -3.62. The second kappa shape index (κ2) is 9.03. The average Bonchev–Trinajstić information content (AvgIpc) is 3.06. The van der Waals surface area contributed by atoms with Gasteiger partial charge in [-0.25, -0.2) is 4.98 Å². The molecule has 0 spiro atoms. The van der Waals surface area contributed by atoms with Crippen LogP contribution in [0.4, 0.5) is 19.1 Å². The molecule has 2 amide bonds. The smallest absolute Gasteiger partial charge is 0.353 e. The van der Waals surface area contributed by atoms with E-state index in [0.717, 1.165) is 23.2 Å². The van der Waals surface area contributed by atoms with Gasteiger partial charge in [0.1, 0.15) is 0 Å². The molecule has 0 aliphatic carbocycles. The van der Waals surface area contributed by atoms with Gasteiger partial charge in [-0.3, -0.25) is 14.9 Å². The van der Waals surface area contributed by atoms with Crippen molar-refractivity contribution >= 4 is 28.8 Å². The molecule has 2 aromatic carbocycles. The number of nitrogens with one attached hydrogen (secondary N) is 2. The number of fused-ring (bicyclic) bond motifs is 1. The molecule has 0 fully saturated rings. The highest BCUT2D eigenvalue weighted by Crippen LogP contribution is 2.30. The van der Waals surface area contributed by atoms with Crippen LogP contribution in [0.25, 0.3) is 11.0 Å². The fourth-order valence-electron chi connectivity index (χ4n) is 3.09. The Morgan fingerprint density at radius 1 is 1.19 bits per heavy atom. The zero-order valence-electron chi connectivity index (χ0n) is 16.8. The fraction of sp³-hybridized carbons (Fsp3) is 0.227. The number of benzene rings is 2. The molecule has 0 unspecified atom stereocenters. The molecule has 0 aliphatic heterocycles. The van der Waals surface area contributed by atoms with E-state index in [1.807, 2.05) is 25.1 Å². The van der Waals surface area contributed by atoms with Crippen LogP contribution < -0.4 is 10.6 Å². The van der Waals surface area contributed by atoms with Crippen molar-refractivity contribution in [1.82, 2.24) is 14.9 Å². The average molecular weight is 430 g/mol. The van der Waals surface area contributed by atoms with Gasteiger partial charge in [-0.05, 0) is 55.3 Å². The predicted molar refractivity (Wildman–Crippen MR) is 112 cm³/mol. The van der Waals surface area contributed by atoms with Crippen LogP contribution in [0.3, 0.4) is 0 Å². The summed E-state index contributed by atoms with van der Waals surface area (Å²) >= 11 is 0. The van der Waals surface area contributed by atoms with Crippen LogP contribution in [0.2, 0.25) is 0 Å². The van der Waals surface area contributed by atoms with Crippen LogP contribution in [0.5, 0.6) is 0 Å². The summed E-state index contributed by atoms with van der Waals surface area (Å²) in [5, 5.41) is 5.29. The van der Waals surface area contributed by atoms with Crippen molar-refractivity contribution in [3.8, 4) is 0 Å². The Morgan fingerprint density at radius 2 is 1.97 bits per heavy atom. The van der Waals surface area contributed by atoms with Crippen molar-refractivity contribution in [1.29, 1.82) is 0 Å². The van der Waals surface area contributed by atoms with Crippen molar-refractivity contribution in [2.75, 3.05) is 11.9 Å². The number of nitrogens with zero attached hydrogens (tertiary/aromatic N) is 2. The van der Waals surface area contributed by atoms with Crippen LogP contribution in [0.15, 0.2) is 55.1 Å². The van der Waals surface area contributed by atoms with Gasteiger partial charge < -0.3 is 9.88 Å². The molecular formula is C22H21F3N4O2. The summed E-state index contributed by atoms with van der Waals surface area (Å²) < 4.78 is 40.7. The predicted octanol–water partition coefficient (Wildman–Crippen LogP) is 4.31. The number of amides is 2. The van der Waals surface area contributed by atoms with Crippen LogP contribution in [0.1, 0.15) is 27.9 Å². The Bertz CT molecular complexity index is 1140. The lowest BCUT2D eigenvalue weighted by molar-refractivity contribution is -0.137. The van der Waals surface area contributed by atoms with Crippen molar-refractivity contribution in [3.63, 3.8) is 0 Å². The van der Waals surface area contributed by atoms with Gasteiger partial charge in [0.25, 0.3) is 5.91 Å². The topological polar surface area (TPSA) is 76.0 Å². The van der Waals surface area contributed by atoms with E-state index in [0.29, 0.717) is 25.0 Å². The van der Waals surface area contributed by atoms with Gasteiger partial charge in [0.15, 0.2) is 0 Å². The first-order valence-corrected chi connectivity index (χ1v) is 9.55. The van der Waals surface area contributed by atoms with E-state index in [4.69, 9.17) is 0 Å². The molecule has 0 radical (unpaired) electrons. The highest BCUT2D eigenvalue weighted by Gasteiger charge is 2.31. The van der Waals surface area contributed by atoms with E-state index >= 15 is 0 Å². The largest absolute Gasteiger partial charge is 0.416 e. The summed E-state index contributed by atoms with van der Waals surface area (Å²) in [5.41, 5.74) is 1.37. The number of aryl methyl sites for hydroxylation is 2. The first kappa shape index (κ1) is 22.1. The molecule has 0 saturated carbocycles. The molecule has 3 aromatic rings. The minimum atomic E-state index is -4.54. The molecule has 162 valence electrons. The molecule has 2 N–H and O–H groups in total. The van der Waals surface area contributed by atoms with Crippen LogP contribution in [0, 0.1) is 6.92 Å². The SMILES string of the molecule is C=CC(=O)NCCCn1c(NC(=O)c2cccc(C(F)(F)F)c2)nc2cc(C)ccc21. The van der Waals surface area contributed by atoms with Crippen molar-refractivity contribution in [2.45, 2.75) is 26.1 Å². The summed E-state index contributed by atoms with van der Waals surface area (Å²) in [5.74, 6) is -0.762. The first-order valence-electron chi connectivity index (χ1n) is 9.55. The number of halogens is 3. The maximum Gasteiger partial charge on any atom is 0.416 e. The van der Waals surface area contributed by atoms with Gasteiger partial charge in [-0.2, -0.15) is 13.2 Å². The van der Waals surface area contributed by atoms with Gasteiger partial charge in [0.05, 0.1) is 16.6 Å². The number of imidazole rings is 1. The molecule has 0 saturated heterocycles. The Balaban J connectivity index is 1.86. The van der Waals surface area contributed by atoms with Gasteiger partial charge >= 0.3 is 6.18 Å². The highest BCUT2D eigenvalue weighted by atomic mass is 19.4. The first-order chi connectivity index (χ1) is 14.7. The summed E-state index contributed by atoms with van der Waals surface area (Å²) in [6, 6.07) is 9.83. The molecule has 9 heteroatoms. The van der Waals surface area contributed by atoms with E-state index in [1.165, 1.54) is 18.2 Å². The van der Waals surface area contributed by atoms with Crippen molar-refractivity contribution in [2.24, 2.45) is 0 Å². The van der Waals surface area contributed by atoms with Crippen LogP contribution in [-0.4, -0.2) is 27.9 Å². The lowest BCUT2D eigenvalue weighted by Gasteiger charge is -2.12. The molecule has 6 nitrogen and oxygen atoms in total. The van der Waals surface area contributed by atoms with E-state index in [-0.39, 0.29) is 17.4 Å². The molecule has 3 rings (SSSR count). The summed E-state index contributed by atoms with van der Waals surface area (Å²) in [6.07, 6.45) is -2.82. The summed E-state index contributed by atoms with van der Waals surface area (Å²) in [6.45, 7) is 6.11. The van der Waals surface area contributed by atoms with E-state index in [2.05, 4.69) is 22.2 Å². The summed E-state index contributed by atoms with van der Waals surface area (Å²) in [7, 11) is 0. The Kier molecular flexibility index (Phi) is 6.43. The minimum absolute atomic E-state index is 0.122. The third-order valence-corrected chi connectivity index (χ3v) is 4.62. The van der Waals surface area contributed by atoms with Crippen LogP contribution >= 0.6 is 0 Å². The van der Waals surface area contributed by atoms with Gasteiger partial charge in [0, 0.05) is 18.7 Å². The third kappa shape index (κ3) is 5.30. The highest BCUT2D eigenvalue weighted by molar-refractivity contribution is 6.04. The van der Waals surface area contributed by atoms with Crippen molar-refractivity contribution in [3.05, 3.63) is 71.8 Å². The maximum absolute atomic E-state index is 13.0. The monoisotopic (exact) mass is 430 g/mol. The zero-order chi connectivity index (χ0) is 22.6. The third-order valence-electron chi connectivity index (χ3n) is 4.62. The zero-order valence-corrected chi connectivity index (χ0v) is 16.8. The number of alkyl halides is 3. The molecule has 0 aliphatic rings. The molecule has 1 aromatic heterocycles. The fourth-order valence-corrected chi connectivity index (χ4v) is 3.09. The lowest BCUT2D eigenvalue weighted by atomic mass is 10.1.